The molecule has 330 valence electrons. The predicted octanol–water partition coefficient (Wildman–Crippen LogP) is 18.7. The molecule has 0 unspecified atom stereocenters. The number of allylic oxidation sites excluding steroid dienone is 1. The molecule has 0 aliphatic rings. The normalized spacial score (nSPS) is 10.4. The maximum atomic E-state index is 3.83. The molecule has 10 aromatic rings. The lowest BCUT2D eigenvalue weighted by molar-refractivity contribution is 1.36. The van der Waals surface area contributed by atoms with Crippen LogP contribution in [0.25, 0.3) is 61.9 Å². The van der Waals surface area contributed by atoms with E-state index in [9.17, 15) is 0 Å². The van der Waals surface area contributed by atoms with Gasteiger partial charge in [-0.15, -0.1) is 0 Å². The van der Waals surface area contributed by atoms with Gasteiger partial charge in [0.15, 0.2) is 0 Å². The maximum Gasteiger partial charge on any atom is -0.00730 e. The van der Waals surface area contributed by atoms with Gasteiger partial charge in [-0.2, -0.15) is 0 Å². The van der Waals surface area contributed by atoms with Crippen molar-refractivity contribution in [1.29, 1.82) is 0 Å². The molecule has 0 aliphatic heterocycles. The van der Waals surface area contributed by atoms with Crippen LogP contribution in [0.4, 0.5) is 0 Å². The monoisotopic (exact) mass is 874 g/mol. The molecule has 0 nitrogen and oxygen atoms in total. The molecule has 0 saturated carbocycles. The van der Waals surface area contributed by atoms with Crippen molar-refractivity contribution in [2.24, 2.45) is 0 Å². The fourth-order valence-corrected chi connectivity index (χ4v) is 8.66. The van der Waals surface area contributed by atoms with Crippen LogP contribution in [0.3, 0.4) is 0 Å². The van der Waals surface area contributed by atoms with Gasteiger partial charge in [-0.3, -0.25) is 0 Å². The Bertz CT molecular complexity index is 2970. The Balaban J connectivity index is 0.000000330. The lowest BCUT2D eigenvalue weighted by Gasteiger charge is -2.20. The SMILES string of the molecule is C=C(C)c1ccccc1.Cc1c(C)c(-c2ccc(C=C(c3ccccc3)c3ccccc3)cc2)c2ccccc2c1-c1ccc(C=C(c2ccccc2)c2ccccc2)cc1.Cc1ccccc1. The molecule has 0 atom stereocenters. The molecule has 68 heavy (non-hydrogen) atoms. The molecular formula is C68H58. The van der Waals surface area contributed by atoms with Crippen LogP contribution in [-0.2, 0) is 0 Å². The van der Waals surface area contributed by atoms with E-state index in [1.165, 1.54) is 99.8 Å². The summed E-state index contributed by atoms with van der Waals surface area (Å²) in [7, 11) is 0. The van der Waals surface area contributed by atoms with E-state index >= 15 is 0 Å². The highest BCUT2D eigenvalue weighted by molar-refractivity contribution is 6.08. The molecule has 10 rings (SSSR count). The highest BCUT2D eigenvalue weighted by Crippen LogP contribution is 2.42. The van der Waals surface area contributed by atoms with E-state index in [1.807, 2.05) is 43.3 Å². The van der Waals surface area contributed by atoms with E-state index < -0.39 is 0 Å². The van der Waals surface area contributed by atoms with Gasteiger partial charge < -0.3 is 0 Å². The molecule has 0 fully saturated rings. The van der Waals surface area contributed by atoms with Crippen LogP contribution in [0.5, 0.6) is 0 Å². The number of aryl methyl sites for hydroxylation is 1. The second-order valence-electron chi connectivity index (χ2n) is 17.2. The summed E-state index contributed by atoms with van der Waals surface area (Å²) in [5, 5.41) is 2.55. The first-order chi connectivity index (χ1) is 33.3. The number of benzene rings is 10. The van der Waals surface area contributed by atoms with Crippen LogP contribution in [-0.4, -0.2) is 0 Å². The molecule has 0 aromatic heterocycles. The van der Waals surface area contributed by atoms with Gasteiger partial charge in [0, 0.05) is 0 Å². The minimum absolute atomic E-state index is 1.12. The molecule has 0 amide bonds. The molecule has 0 saturated heterocycles. The third kappa shape index (κ3) is 11.5. The van der Waals surface area contributed by atoms with E-state index in [4.69, 9.17) is 0 Å². The summed E-state index contributed by atoms with van der Waals surface area (Å²) < 4.78 is 0. The number of rotatable bonds is 9. The molecule has 0 bridgehead atoms. The smallest absolute Gasteiger partial charge is 0.00730 e. The van der Waals surface area contributed by atoms with Crippen LogP contribution in [0, 0.1) is 20.8 Å². The Kier molecular flexibility index (Phi) is 15.4. The standard InChI is InChI=1S/C52H40.C9H10.C7H8/c1-37-38(2)52(46-33-29-40(30-34-46)36-50(43-21-11-5-12-22-43)44-23-13-6-14-24-44)48-26-16-15-25-47(48)51(37)45-31-27-39(28-32-45)35-49(41-17-7-3-8-18-41)42-19-9-4-10-20-42;1-8(2)9-6-4-3-5-7-9;1-7-5-3-2-4-6-7/h3-36H,1-2H3;3-7H,1H2,2H3;2-6H,1H3. The van der Waals surface area contributed by atoms with E-state index in [2.05, 4.69) is 258 Å². The van der Waals surface area contributed by atoms with Gasteiger partial charge in [-0.05, 0) is 134 Å². The number of hydrogen-bond donors (Lipinski definition) is 0. The summed E-state index contributed by atoms with van der Waals surface area (Å²) in [5.74, 6) is 0. The van der Waals surface area contributed by atoms with E-state index in [0.717, 1.165) is 5.57 Å². The van der Waals surface area contributed by atoms with E-state index in [0.29, 0.717) is 0 Å². The highest BCUT2D eigenvalue weighted by Gasteiger charge is 2.17. The Morgan fingerprint density at radius 2 is 0.574 bits per heavy atom. The Labute approximate surface area is 404 Å². The number of hydrogen-bond acceptors (Lipinski definition) is 0. The first kappa shape index (κ1) is 46.2. The van der Waals surface area contributed by atoms with Crippen molar-refractivity contribution in [3.8, 4) is 22.3 Å². The Morgan fingerprint density at radius 3 is 0.824 bits per heavy atom. The van der Waals surface area contributed by atoms with Crippen molar-refractivity contribution in [1.82, 2.24) is 0 Å². The van der Waals surface area contributed by atoms with Crippen molar-refractivity contribution >= 4 is 39.6 Å². The van der Waals surface area contributed by atoms with Crippen molar-refractivity contribution in [2.45, 2.75) is 27.7 Å². The zero-order valence-corrected chi connectivity index (χ0v) is 39.6. The van der Waals surface area contributed by atoms with E-state index in [-0.39, 0.29) is 0 Å². The summed E-state index contributed by atoms with van der Waals surface area (Å²) in [6, 6.07) is 90.1. The van der Waals surface area contributed by atoms with Crippen LogP contribution in [0.2, 0.25) is 0 Å². The summed E-state index contributed by atoms with van der Waals surface area (Å²) in [6.45, 7) is 12.5. The minimum Gasteiger partial charge on any atom is -0.0955 e. The Morgan fingerprint density at radius 1 is 0.309 bits per heavy atom. The second kappa shape index (κ2) is 22.7. The lowest BCUT2D eigenvalue weighted by Crippen LogP contribution is -1.96. The quantitative estimate of drug-likeness (QED) is 0.127. The third-order valence-corrected chi connectivity index (χ3v) is 12.3. The first-order valence-corrected chi connectivity index (χ1v) is 23.4. The van der Waals surface area contributed by atoms with Crippen LogP contribution >= 0.6 is 0 Å². The van der Waals surface area contributed by atoms with Crippen LogP contribution in [0.1, 0.15) is 62.6 Å². The van der Waals surface area contributed by atoms with Crippen molar-refractivity contribution < 1.29 is 0 Å². The highest BCUT2D eigenvalue weighted by atomic mass is 14.2. The fraction of sp³-hybridized carbons (Fsp3) is 0.0588. The molecule has 0 N–H and O–H groups in total. The molecule has 0 aliphatic carbocycles. The molecule has 0 heterocycles. The van der Waals surface area contributed by atoms with Crippen LogP contribution in [0.15, 0.2) is 261 Å². The van der Waals surface area contributed by atoms with Gasteiger partial charge in [0.25, 0.3) is 0 Å². The lowest BCUT2D eigenvalue weighted by atomic mass is 9.84. The Hall–Kier alpha value is -8.32. The van der Waals surface area contributed by atoms with Gasteiger partial charge in [0.05, 0.1) is 0 Å². The topological polar surface area (TPSA) is 0 Å². The van der Waals surface area contributed by atoms with Crippen molar-refractivity contribution in [2.75, 3.05) is 0 Å². The van der Waals surface area contributed by atoms with Gasteiger partial charge >= 0.3 is 0 Å². The van der Waals surface area contributed by atoms with Crippen LogP contribution < -0.4 is 0 Å². The molecular weight excluding hydrogens is 817 g/mol. The molecule has 0 radical (unpaired) electrons. The second-order valence-corrected chi connectivity index (χ2v) is 17.2. The summed E-state index contributed by atoms with van der Waals surface area (Å²) >= 11 is 0. The summed E-state index contributed by atoms with van der Waals surface area (Å²) in [5.41, 5.74) is 21.0. The number of fused-ring (bicyclic) bond motifs is 1. The largest absolute Gasteiger partial charge is 0.0955 e. The zero-order valence-electron chi connectivity index (χ0n) is 39.6. The maximum absolute atomic E-state index is 3.83. The average Bonchev–Trinajstić information content (AvgIpc) is 3.40. The zero-order chi connectivity index (χ0) is 47.1. The molecule has 0 spiro atoms. The molecule has 0 heteroatoms. The fourth-order valence-electron chi connectivity index (χ4n) is 8.66. The summed E-state index contributed by atoms with van der Waals surface area (Å²) in [6.07, 6.45) is 4.60. The first-order valence-electron chi connectivity index (χ1n) is 23.4. The van der Waals surface area contributed by atoms with Crippen molar-refractivity contribution in [3.05, 3.63) is 317 Å². The van der Waals surface area contributed by atoms with Gasteiger partial charge in [-0.25, -0.2) is 0 Å². The molecule has 10 aromatic carbocycles. The predicted molar refractivity (Wildman–Crippen MR) is 296 cm³/mol. The van der Waals surface area contributed by atoms with Gasteiger partial charge in [-0.1, -0.05) is 273 Å². The van der Waals surface area contributed by atoms with Gasteiger partial charge in [0.2, 0.25) is 0 Å². The third-order valence-electron chi connectivity index (χ3n) is 12.3. The van der Waals surface area contributed by atoms with Gasteiger partial charge in [0.1, 0.15) is 0 Å². The summed E-state index contributed by atoms with van der Waals surface area (Å²) in [4.78, 5) is 0. The average molecular weight is 875 g/mol. The minimum atomic E-state index is 1.12. The van der Waals surface area contributed by atoms with E-state index in [1.54, 1.807) is 0 Å². The van der Waals surface area contributed by atoms with Crippen molar-refractivity contribution in [3.63, 3.8) is 0 Å².